The molecule has 0 bridgehead atoms. The number of aliphatic hydroxyl groups excluding tert-OH is 1. The molecule has 6 nitrogen and oxygen atoms in total. The van der Waals surface area contributed by atoms with Crippen molar-refractivity contribution in [2.45, 2.75) is 12.5 Å². The van der Waals surface area contributed by atoms with Crippen molar-refractivity contribution in [3.8, 4) is 11.1 Å². The molecule has 1 heterocycles. The summed E-state index contributed by atoms with van der Waals surface area (Å²) in [6.45, 7) is 0.904. The van der Waals surface area contributed by atoms with E-state index in [1.165, 1.54) is 4.90 Å². The Labute approximate surface area is 152 Å². The van der Waals surface area contributed by atoms with E-state index >= 15 is 0 Å². The first-order valence-electron chi connectivity index (χ1n) is 8.71. The first kappa shape index (κ1) is 18.1. The van der Waals surface area contributed by atoms with Gasteiger partial charge in [0.25, 0.3) is 0 Å². The second-order valence-electron chi connectivity index (χ2n) is 6.34. The average Bonchev–Trinajstić information content (AvgIpc) is 2.68. The van der Waals surface area contributed by atoms with E-state index in [-0.39, 0.29) is 31.3 Å². The molecule has 136 valence electrons. The van der Waals surface area contributed by atoms with E-state index in [2.05, 4.69) is 0 Å². The zero-order valence-corrected chi connectivity index (χ0v) is 14.5. The maximum Gasteiger partial charge on any atom is 0.246 e. The molecule has 0 aliphatic carbocycles. The normalized spacial score (nSPS) is 15.8. The topological polar surface area (TPSA) is 86.9 Å². The summed E-state index contributed by atoms with van der Waals surface area (Å²) in [4.78, 5) is 28.1. The monoisotopic (exact) mass is 353 g/mol. The Morgan fingerprint density at radius 2 is 1.77 bits per heavy atom. The van der Waals surface area contributed by atoms with Crippen LogP contribution in [0.4, 0.5) is 5.69 Å². The van der Waals surface area contributed by atoms with E-state index in [0.29, 0.717) is 13.1 Å². The number of aliphatic hydroxyl groups is 1. The van der Waals surface area contributed by atoms with Gasteiger partial charge in [-0.3, -0.25) is 9.59 Å². The van der Waals surface area contributed by atoms with Crippen LogP contribution in [0.1, 0.15) is 6.42 Å². The van der Waals surface area contributed by atoms with Crippen LogP contribution >= 0.6 is 0 Å². The quantitative estimate of drug-likeness (QED) is 0.847. The molecule has 0 radical (unpaired) electrons. The summed E-state index contributed by atoms with van der Waals surface area (Å²) >= 11 is 0. The Bertz CT molecular complexity index is 779. The van der Waals surface area contributed by atoms with Gasteiger partial charge < -0.3 is 20.6 Å². The molecule has 26 heavy (non-hydrogen) atoms. The van der Waals surface area contributed by atoms with Gasteiger partial charge in [-0.2, -0.15) is 0 Å². The number of para-hydroxylation sites is 1. The van der Waals surface area contributed by atoms with Gasteiger partial charge in [0.05, 0.1) is 18.2 Å². The molecule has 1 aliphatic rings. The number of carbonyl (C=O) groups is 2. The molecular weight excluding hydrogens is 330 g/mol. The van der Waals surface area contributed by atoms with Crippen LogP contribution < -0.4 is 10.6 Å². The molecule has 1 aliphatic heterocycles. The van der Waals surface area contributed by atoms with Crippen LogP contribution in [-0.2, 0) is 9.59 Å². The van der Waals surface area contributed by atoms with Crippen molar-refractivity contribution in [2.24, 2.45) is 5.73 Å². The number of anilines is 1. The van der Waals surface area contributed by atoms with Gasteiger partial charge >= 0.3 is 0 Å². The van der Waals surface area contributed by atoms with Crippen LogP contribution in [0.5, 0.6) is 0 Å². The molecule has 2 aromatic carbocycles. The first-order chi connectivity index (χ1) is 12.6. The van der Waals surface area contributed by atoms with Crippen molar-refractivity contribution in [1.29, 1.82) is 0 Å². The molecule has 0 aromatic heterocycles. The van der Waals surface area contributed by atoms with Gasteiger partial charge in [0.2, 0.25) is 11.8 Å². The molecule has 0 spiro atoms. The van der Waals surface area contributed by atoms with Gasteiger partial charge in [0.15, 0.2) is 0 Å². The predicted octanol–water partition coefficient (Wildman–Crippen LogP) is 1.24. The Morgan fingerprint density at radius 3 is 2.46 bits per heavy atom. The maximum atomic E-state index is 12.7. The molecular formula is C20H23N3O3. The van der Waals surface area contributed by atoms with Crippen LogP contribution in [-0.4, -0.2) is 54.1 Å². The number of benzene rings is 2. The summed E-state index contributed by atoms with van der Waals surface area (Å²) < 4.78 is 0. The van der Waals surface area contributed by atoms with E-state index in [0.717, 1.165) is 16.8 Å². The van der Waals surface area contributed by atoms with E-state index in [1.807, 2.05) is 54.6 Å². The van der Waals surface area contributed by atoms with Crippen LogP contribution in [0.3, 0.4) is 0 Å². The second-order valence-corrected chi connectivity index (χ2v) is 6.34. The predicted molar refractivity (Wildman–Crippen MR) is 100 cm³/mol. The molecule has 2 amide bonds. The Kier molecular flexibility index (Phi) is 5.65. The SMILES string of the molecule is NC[C@@H](O)CC(=O)N1CCN(c2ccccc2-c2ccccc2)C(=O)C1. The van der Waals surface area contributed by atoms with Crippen molar-refractivity contribution in [2.75, 3.05) is 31.1 Å². The number of hydrogen-bond donors (Lipinski definition) is 2. The molecule has 1 fully saturated rings. The average molecular weight is 353 g/mol. The maximum absolute atomic E-state index is 12.7. The smallest absolute Gasteiger partial charge is 0.246 e. The van der Waals surface area contributed by atoms with Crippen LogP contribution in [0.15, 0.2) is 54.6 Å². The van der Waals surface area contributed by atoms with Crippen LogP contribution in [0.2, 0.25) is 0 Å². The van der Waals surface area contributed by atoms with Crippen LogP contribution in [0.25, 0.3) is 11.1 Å². The number of nitrogens with two attached hydrogens (primary N) is 1. The summed E-state index contributed by atoms with van der Waals surface area (Å²) in [6.07, 6.45) is -0.917. The fraction of sp³-hybridized carbons (Fsp3) is 0.300. The number of rotatable bonds is 5. The Hall–Kier alpha value is -2.70. The highest BCUT2D eigenvalue weighted by molar-refractivity contribution is 6.01. The van der Waals surface area contributed by atoms with Crippen LogP contribution in [0, 0.1) is 0 Å². The highest BCUT2D eigenvalue weighted by Gasteiger charge is 2.29. The van der Waals surface area contributed by atoms with Crippen molar-refractivity contribution in [3.05, 3.63) is 54.6 Å². The summed E-state index contributed by atoms with van der Waals surface area (Å²) in [7, 11) is 0. The number of nitrogens with zero attached hydrogens (tertiary/aromatic N) is 2. The van der Waals surface area contributed by atoms with Gasteiger partial charge in [-0.15, -0.1) is 0 Å². The lowest BCUT2D eigenvalue weighted by Crippen LogP contribution is -2.53. The third-order valence-corrected chi connectivity index (χ3v) is 4.54. The zero-order valence-electron chi connectivity index (χ0n) is 14.5. The molecule has 6 heteroatoms. The first-order valence-corrected chi connectivity index (χ1v) is 8.71. The van der Waals surface area contributed by atoms with Gasteiger partial charge in [0, 0.05) is 25.2 Å². The molecule has 0 unspecified atom stereocenters. The lowest BCUT2D eigenvalue weighted by molar-refractivity contribution is -0.138. The van der Waals surface area contributed by atoms with Crippen molar-refractivity contribution < 1.29 is 14.7 Å². The molecule has 3 N–H and O–H groups in total. The zero-order chi connectivity index (χ0) is 18.5. The number of amides is 2. The molecule has 1 saturated heterocycles. The third-order valence-electron chi connectivity index (χ3n) is 4.54. The van der Waals surface area contributed by atoms with Gasteiger partial charge in [-0.25, -0.2) is 0 Å². The number of piperazine rings is 1. The standard InChI is InChI=1S/C20H23N3O3/c21-13-16(24)12-19(25)22-10-11-23(20(26)14-22)18-9-5-4-8-17(18)15-6-2-1-3-7-15/h1-9,16,24H,10-14,21H2/t16-/m0/s1. The summed E-state index contributed by atoms with van der Waals surface area (Å²) in [5.74, 6) is -0.373. The molecule has 3 rings (SSSR count). The van der Waals surface area contributed by atoms with Gasteiger partial charge in [-0.05, 0) is 11.6 Å². The lowest BCUT2D eigenvalue weighted by Gasteiger charge is -2.35. The largest absolute Gasteiger partial charge is 0.391 e. The van der Waals surface area contributed by atoms with Crippen molar-refractivity contribution in [1.82, 2.24) is 4.90 Å². The Balaban J connectivity index is 1.77. The van der Waals surface area contributed by atoms with Crippen molar-refractivity contribution >= 4 is 17.5 Å². The second kappa shape index (κ2) is 8.12. The minimum Gasteiger partial charge on any atom is -0.391 e. The summed E-state index contributed by atoms with van der Waals surface area (Å²) in [6, 6.07) is 17.7. The Morgan fingerprint density at radius 1 is 1.08 bits per heavy atom. The van der Waals surface area contributed by atoms with E-state index in [9.17, 15) is 14.7 Å². The highest BCUT2D eigenvalue weighted by atomic mass is 16.3. The fourth-order valence-electron chi connectivity index (χ4n) is 3.13. The van der Waals surface area contributed by atoms with E-state index < -0.39 is 6.10 Å². The fourth-order valence-corrected chi connectivity index (χ4v) is 3.13. The van der Waals surface area contributed by atoms with Gasteiger partial charge in [-0.1, -0.05) is 48.5 Å². The van der Waals surface area contributed by atoms with Gasteiger partial charge in [0.1, 0.15) is 6.54 Å². The number of hydrogen-bond acceptors (Lipinski definition) is 4. The summed E-state index contributed by atoms with van der Waals surface area (Å²) in [5, 5.41) is 9.55. The minimum atomic E-state index is -0.866. The lowest BCUT2D eigenvalue weighted by atomic mass is 10.0. The molecule has 1 atom stereocenters. The molecule has 2 aromatic rings. The third kappa shape index (κ3) is 3.92. The summed E-state index contributed by atoms with van der Waals surface area (Å²) in [5.41, 5.74) is 8.22. The van der Waals surface area contributed by atoms with Crippen molar-refractivity contribution in [3.63, 3.8) is 0 Å². The van der Waals surface area contributed by atoms with E-state index in [4.69, 9.17) is 5.73 Å². The highest BCUT2D eigenvalue weighted by Crippen LogP contribution is 2.31. The number of carbonyl (C=O) groups excluding carboxylic acids is 2. The van der Waals surface area contributed by atoms with E-state index in [1.54, 1.807) is 4.90 Å². The minimum absolute atomic E-state index is 0.0131. The molecule has 0 saturated carbocycles.